The largest absolute Gasteiger partial charge is 0.274 e. The maximum Gasteiger partial charge on any atom is 0.262 e. The molecule has 76 heavy (non-hydrogen) atoms. The Hall–Kier alpha value is -2.14. The molecule has 0 aliphatic carbocycles. The quantitative estimate of drug-likeness (QED) is 0.0364. The molecule has 1 aromatic carbocycles. The lowest BCUT2D eigenvalue weighted by Gasteiger charge is -2.17. The number of fused-ring (bicyclic) bond motifs is 2. The van der Waals surface area contributed by atoms with Crippen LogP contribution in [0, 0.1) is 11.8 Å². The molecule has 0 fully saturated rings. The minimum atomic E-state index is -0.324. The third-order valence-electron chi connectivity index (χ3n) is 16.7. The van der Waals surface area contributed by atoms with Crippen LogP contribution >= 0.6 is 54.5 Å². The minimum absolute atomic E-state index is 0.189. The lowest BCUT2D eigenvalue weighted by Crippen LogP contribution is -2.30. The summed E-state index contributed by atoms with van der Waals surface area (Å²) in [7, 11) is 0. The fourth-order valence-electron chi connectivity index (χ4n) is 12.2. The summed E-state index contributed by atoms with van der Waals surface area (Å²) in [6.07, 6.45) is 49.2. The van der Waals surface area contributed by atoms with Crippen LogP contribution in [0.1, 0.15) is 285 Å². The molecule has 4 heterocycles. The van der Waals surface area contributed by atoms with Crippen LogP contribution < -0.4 is 22.2 Å². The summed E-state index contributed by atoms with van der Waals surface area (Å²) in [5.41, 5.74) is -0.368. The van der Waals surface area contributed by atoms with Crippen molar-refractivity contribution >= 4 is 76.1 Å². The molecule has 2 atom stereocenters. The van der Waals surface area contributed by atoms with E-state index in [9.17, 15) is 0 Å². The number of benzene rings is 1. The molecule has 0 aliphatic heterocycles. The molecule has 2 unspecified atom stereocenters. The van der Waals surface area contributed by atoms with Gasteiger partial charge in [-0.25, -0.2) is 0 Å². The summed E-state index contributed by atoms with van der Waals surface area (Å²) in [6.45, 7) is 9.80. The number of halogens is 2. The SMILES string of the molecule is CCCCCCCCCCCCC(CCCCCCCCCC)Cn1c(=O)c2c(-c3ccc(Br)s3)c3c(=O)n(CC(CCCCCCCCCC)CCCCCCCCCCCC)c(=O)c3c(-c3ccc(Br)s3)c2c1=O. The highest BCUT2D eigenvalue weighted by molar-refractivity contribution is 9.11. The molecule has 4 aromatic heterocycles. The molecule has 10 heteroatoms. The summed E-state index contributed by atoms with van der Waals surface area (Å²) in [5, 5.41) is 1.19. The maximum atomic E-state index is 15.4. The summed E-state index contributed by atoms with van der Waals surface area (Å²) < 4.78 is 4.76. The minimum Gasteiger partial charge on any atom is -0.274 e. The third kappa shape index (κ3) is 20.8. The van der Waals surface area contributed by atoms with Crippen molar-refractivity contribution in [2.24, 2.45) is 11.8 Å². The van der Waals surface area contributed by atoms with Crippen LogP contribution in [0.4, 0.5) is 0 Å². The lowest BCUT2D eigenvalue weighted by atomic mass is 9.93. The van der Waals surface area contributed by atoms with Crippen molar-refractivity contribution in [3.8, 4) is 20.9 Å². The predicted molar refractivity (Wildman–Crippen MR) is 341 cm³/mol. The van der Waals surface area contributed by atoms with Crippen molar-refractivity contribution in [1.82, 2.24) is 9.13 Å². The van der Waals surface area contributed by atoms with E-state index in [0.29, 0.717) is 45.8 Å². The molecular formula is C66H102Br2N2O4S2. The van der Waals surface area contributed by atoms with Crippen molar-refractivity contribution in [3.63, 3.8) is 0 Å². The van der Waals surface area contributed by atoms with Crippen LogP contribution in [0.15, 0.2) is 51.0 Å². The Morgan fingerprint density at radius 3 is 0.737 bits per heavy atom. The Labute approximate surface area is 485 Å². The third-order valence-corrected chi connectivity index (χ3v) is 20.0. The van der Waals surface area contributed by atoms with Gasteiger partial charge in [0.1, 0.15) is 0 Å². The number of nitrogens with zero attached hydrogens (tertiary/aromatic N) is 2. The number of unbranched alkanes of at least 4 members (excludes halogenated alkanes) is 32. The molecule has 0 bridgehead atoms. The van der Waals surface area contributed by atoms with Gasteiger partial charge in [-0.05, 0) is 93.6 Å². The van der Waals surface area contributed by atoms with Crippen LogP contribution in [-0.4, -0.2) is 9.13 Å². The van der Waals surface area contributed by atoms with Crippen LogP contribution in [0.5, 0.6) is 0 Å². The van der Waals surface area contributed by atoms with E-state index in [0.717, 1.165) is 68.7 Å². The first-order chi connectivity index (χ1) is 37.2. The first-order valence-corrected chi connectivity index (χ1v) is 34.9. The van der Waals surface area contributed by atoms with Crippen LogP contribution in [0.2, 0.25) is 0 Å². The molecule has 0 amide bonds. The number of aromatic nitrogens is 2. The summed E-state index contributed by atoms with van der Waals surface area (Å²) >= 11 is 10.3. The Bertz CT molecular complexity index is 2320. The summed E-state index contributed by atoms with van der Waals surface area (Å²) in [5.74, 6) is 0.378. The van der Waals surface area contributed by atoms with E-state index in [4.69, 9.17) is 0 Å². The smallest absolute Gasteiger partial charge is 0.262 e. The van der Waals surface area contributed by atoms with Crippen molar-refractivity contribution in [2.75, 3.05) is 0 Å². The van der Waals surface area contributed by atoms with Gasteiger partial charge in [0.2, 0.25) is 0 Å². The second-order valence-corrected chi connectivity index (χ2v) is 28.0. The van der Waals surface area contributed by atoms with Crippen molar-refractivity contribution in [3.05, 3.63) is 73.3 Å². The highest BCUT2D eigenvalue weighted by Gasteiger charge is 2.32. The molecule has 5 aromatic rings. The van der Waals surface area contributed by atoms with Crippen LogP contribution in [-0.2, 0) is 13.1 Å². The second-order valence-electron chi connectivity index (χ2n) is 23.1. The van der Waals surface area contributed by atoms with Gasteiger partial charge >= 0.3 is 0 Å². The van der Waals surface area contributed by atoms with Crippen molar-refractivity contribution in [2.45, 2.75) is 298 Å². The second kappa shape index (κ2) is 37.7. The zero-order chi connectivity index (χ0) is 54.3. The molecule has 426 valence electrons. The van der Waals surface area contributed by atoms with Gasteiger partial charge < -0.3 is 0 Å². The number of hydrogen-bond donors (Lipinski definition) is 0. The van der Waals surface area contributed by atoms with E-state index in [1.807, 2.05) is 24.3 Å². The van der Waals surface area contributed by atoms with Gasteiger partial charge in [0, 0.05) is 34.0 Å². The van der Waals surface area contributed by atoms with E-state index in [1.165, 1.54) is 237 Å². The average Bonchev–Trinajstić information content (AvgIpc) is 4.21. The van der Waals surface area contributed by atoms with Gasteiger partial charge in [-0.1, -0.05) is 259 Å². The molecule has 0 saturated heterocycles. The Morgan fingerprint density at radius 1 is 0.329 bits per heavy atom. The fourth-order valence-corrected chi connectivity index (χ4v) is 15.1. The summed E-state index contributed by atoms with van der Waals surface area (Å²) in [4.78, 5) is 63.1. The van der Waals surface area contributed by atoms with E-state index >= 15 is 19.2 Å². The van der Waals surface area contributed by atoms with Gasteiger partial charge in [-0.3, -0.25) is 28.3 Å². The molecule has 6 nitrogen and oxygen atoms in total. The lowest BCUT2D eigenvalue weighted by molar-refractivity contribution is 0.351. The van der Waals surface area contributed by atoms with E-state index in [1.54, 1.807) is 0 Å². The van der Waals surface area contributed by atoms with Crippen molar-refractivity contribution in [1.29, 1.82) is 0 Å². The zero-order valence-corrected chi connectivity index (χ0v) is 53.1. The maximum absolute atomic E-state index is 15.4. The Kier molecular flexibility index (Phi) is 32.1. The molecule has 0 saturated carbocycles. The first-order valence-electron chi connectivity index (χ1n) is 31.6. The normalized spacial score (nSPS) is 12.8. The number of rotatable bonds is 46. The molecule has 0 aliphatic rings. The average molecular weight is 1210 g/mol. The van der Waals surface area contributed by atoms with Gasteiger partial charge in [0.25, 0.3) is 22.2 Å². The van der Waals surface area contributed by atoms with Crippen LogP contribution in [0.25, 0.3) is 42.4 Å². The zero-order valence-electron chi connectivity index (χ0n) is 48.3. The van der Waals surface area contributed by atoms with Crippen molar-refractivity contribution < 1.29 is 0 Å². The predicted octanol–water partition coefficient (Wildman–Crippen LogP) is 21.8. The molecular weight excluding hydrogens is 1110 g/mol. The Morgan fingerprint density at radius 2 is 0.539 bits per heavy atom. The van der Waals surface area contributed by atoms with E-state index < -0.39 is 0 Å². The van der Waals surface area contributed by atoms with Gasteiger partial charge in [0.15, 0.2) is 0 Å². The molecule has 0 spiro atoms. The van der Waals surface area contributed by atoms with E-state index in [2.05, 4.69) is 59.6 Å². The summed E-state index contributed by atoms with van der Waals surface area (Å²) in [6, 6.07) is 7.78. The number of hydrogen-bond acceptors (Lipinski definition) is 6. The topological polar surface area (TPSA) is 78.1 Å². The van der Waals surface area contributed by atoms with Gasteiger partial charge in [-0.2, -0.15) is 0 Å². The fraction of sp³-hybridized carbons (Fsp3) is 0.727. The highest BCUT2D eigenvalue weighted by Crippen LogP contribution is 2.45. The van der Waals surface area contributed by atoms with Gasteiger partial charge in [-0.15, -0.1) is 22.7 Å². The molecule has 0 radical (unpaired) electrons. The Balaban J connectivity index is 1.51. The first kappa shape index (κ1) is 64.7. The highest BCUT2D eigenvalue weighted by atomic mass is 79.9. The van der Waals surface area contributed by atoms with E-state index in [-0.39, 0.29) is 34.1 Å². The molecule has 5 rings (SSSR count). The monoisotopic (exact) mass is 1210 g/mol. The van der Waals surface area contributed by atoms with Crippen LogP contribution in [0.3, 0.4) is 0 Å². The number of thiophene rings is 2. The van der Waals surface area contributed by atoms with Gasteiger partial charge in [0.05, 0.1) is 29.1 Å². The standard InChI is InChI=1S/C66H102Br2N2O4S2/c1-5-9-13-17-21-25-27-31-35-39-43-51(41-37-33-29-23-19-15-11-7-3)49-69-63(71)59-57(53-45-47-55(67)75-53)61-62(58(60(59)64(69)72)54-46-48-56(68)76-54)66(74)70(65(61)73)50-52(42-38-34-30-24-20-16-12-8-4)44-40-36-32-28-26-22-18-14-10-6-2/h45-48,51-52H,5-44,49-50H2,1-4H3. The molecule has 0 N–H and O–H groups in total.